The molecule has 4 rings (SSSR count). The molecule has 2 aromatic heterocycles. The fourth-order valence-electron chi connectivity index (χ4n) is 3.05. The van der Waals surface area contributed by atoms with E-state index in [0.29, 0.717) is 5.69 Å². The number of amides is 1. The van der Waals surface area contributed by atoms with Crippen molar-refractivity contribution in [2.45, 2.75) is 26.3 Å². The highest BCUT2D eigenvalue weighted by Crippen LogP contribution is 2.26. The summed E-state index contributed by atoms with van der Waals surface area (Å²) in [5, 5.41) is 8.08. The first kappa shape index (κ1) is 16.3. The Kier molecular flexibility index (Phi) is 4.16. The number of aromatic nitrogens is 3. The summed E-state index contributed by atoms with van der Waals surface area (Å²) in [6, 6.07) is 8.07. The number of benzene rings is 1. The molecule has 0 saturated carbocycles. The number of carbonyl (C=O) groups excluding carboxylic acids is 1. The minimum absolute atomic E-state index is 0.195. The molecule has 0 fully saturated rings. The molecule has 1 amide bonds. The lowest BCUT2D eigenvalue weighted by atomic mass is 10.1. The van der Waals surface area contributed by atoms with Gasteiger partial charge < -0.3 is 10.1 Å². The zero-order chi connectivity index (χ0) is 18.1. The van der Waals surface area contributed by atoms with Crippen LogP contribution in [0.25, 0.3) is 17.1 Å². The molecular weight excluding hydrogens is 328 g/mol. The summed E-state index contributed by atoms with van der Waals surface area (Å²) in [5.74, 6) is 0.743. The van der Waals surface area contributed by atoms with Crippen LogP contribution in [0.4, 0.5) is 5.69 Å². The third-order valence-electron chi connectivity index (χ3n) is 4.33. The van der Waals surface area contributed by atoms with E-state index >= 15 is 0 Å². The topological polar surface area (TPSA) is 69.0 Å². The van der Waals surface area contributed by atoms with Gasteiger partial charge in [-0.3, -0.25) is 4.79 Å². The number of anilines is 1. The van der Waals surface area contributed by atoms with Gasteiger partial charge in [0.25, 0.3) is 0 Å². The summed E-state index contributed by atoms with van der Waals surface area (Å²) in [4.78, 5) is 16.6. The van der Waals surface area contributed by atoms with Crippen molar-refractivity contribution in [1.29, 1.82) is 0 Å². The van der Waals surface area contributed by atoms with Crippen molar-refractivity contribution in [2.75, 3.05) is 11.9 Å². The Labute approximate surface area is 151 Å². The van der Waals surface area contributed by atoms with Crippen LogP contribution in [0.15, 0.2) is 42.7 Å². The van der Waals surface area contributed by atoms with Crippen LogP contribution in [-0.4, -0.2) is 27.3 Å². The monoisotopic (exact) mass is 348 g/mol. The Morgan fingerprint density at radius 3 is 3.04 bits per heavy atom. The van der Waals surface area contributed by atoms with Gasteiger partial charge in [0.1, 0.15) is 5.75 Å². The number of nitrogens with one attached hydrogen (secondary N) is 1. The third kappa shape index (κ3) is 3.18. The van der Waals surface area contributed by atoms with Gasteiger partial charge in [0.15, 0.2) is 5.65 Å². The van der Waals surface area contributed by atoms with Gasteiger partial charge in [-0.2, -0.15) is 5.10 Å². The van der Waals surface area contributed by atoms with Gasteiger partial charge in [-0.1, -0.05) is 6.07 Å². The normalized spacial score (nSPS) is 13.3. The van der Waals surface area contributed by atoms with Crippen LogP contribution in [0.1, 0.15) is 31.0 Å². The summed E-state index contributed by atoms with van der Waals surface area (Å²) < 4.78 is 7.35. The maximum Gasteiger partial charge on any atom is 0.248 e. The molecule has 1 aliphatic rings. The smallest absolute Gasteiger partial charge is 0.248 e. The van der Waals surface area contributed by atoms with E-state index in [4.69, 9.17) is 4.74 Å². The maximum absolute atomic E-state index is 12.2. The molecule has 0 radical (unpaired) electrons. The van der Waals surface area contributed by atoms with E-state index in [9.17, 15) is 4.79 Å². The first-order valence-electron chi connectivity index (χ1n) is 8.68. The first-order valence-corrected chi connectivity index (χ1v) is 8.68. The second-order valence-corrected chi connectivity index (χ2v) is 6.61. The summed E-state index contributed by atoms with van der Waals surface area (Å²) in [7, 11) is 0. The van der Waals surface area contributed by atoms with Crippen molar-refractivity contribution in [1.82, 2.24) is 14.8 Å². The maximum atomic E-state index is 12.2. The molecule has 0 saturated heterocycles. The highest BCUT2D eigenvalue weighted by molar-refractivity contribution is 6.02. The van der Waals surface area contributed by atoms with E-state index in [-0.39, 0.29) is 11.9 Å². The van der Waals surface area contributed by atoms with Crippen LogP contribution >= 0.6 is 0 Å². The van der Waals surface area contributed by atoms with Gasteiger partial charge in [0.05, 0.1) is 24.7 Å². The lowest BCUT2D eigenvalue weighted by Crippen LogP contribution is -2.08. The Hall–Kier alpha value is -3.15. The minimum atomic E-state index is -0.195. The molecule has 1 N–H and O–H groups in total. The molecule has 6 heteroatoms. The number of hydrogen-bond acceptors (Lipinski definition) is 4. The molecule has 0 unspecified atom stereocenters. The van der Waals surface area contributed by atoms with Crippen molar-refractivity contribution in [3.05, 3.63) is 53.9 Å². The molecule has 26 heavy (non-hydrogen) atoms. The van der Waals surface area contributed by atoms with Gasteiger partial charge in [-0.15, -0.1) is 0 Å². The minimum Gasteiger partial charge on any atom is -0.493 e. The van der Waals surface area contributed by atoms with Crippen LogP contribution < -0.4 is 10.1 Å². The first-order chi connectivity index (χ1) is 12.6. The average Bonchev–Trinajstić information content (AvgIpc) is 3.25. The van der Waals surface area contributed by atoms with E-state index in [2.05, 4.69) is 35.3 Å². The number of hydrogen-bond donors (Lipinski definition) is 1. The number of rotatable bonds is 4. The molecule has 6 nitrogen and oxygen atoms in total. The van der Waals surface area contributed by atoms with E-state index in [1.807, 2.05) is 22.9 Å². The van der Waals surface area contributed by atoms with Gasteiger partial charge in [0, 0.05) is 23.9 Å². The van der Waals surface area contributed by atoms with Crippen molar-refractivity contribution in [3.63, 3.8) is 0 Å². The van der Waals surface area contributed by atoms with Crippen molar-refractivity contribution < 1.29 is 9.53 Å². The van der Waals surface area contributed by atoms with E-state index in [1.54, 1.807) is 18.5 Å². The molecule has 1 aromatic carbocycles. The quantitative estimate of drug-likeness (QED) is 0.732. The van der Waals surface area contributed by atoms with E-state index in [0.717, 1.165) is 35.4 Å². The van der Waals surface area contributed by atoms with Crippen LogP contribution in [0.2, 0.25) is 0 Å². The molecule has 132 valence electrons. The van der Waals surface area contributed by atoms with Gasteiger partial charge in [-0.25, -0.2) is 9.67 Å². The number of ether oxygens (including phenoxy) is 1. The predicted octanol–water partition coefficient (Wildman–Crippen LogP) is 3.60. The van der Waals surface area contributed by atoms with E-state index in [1.165, 1.54) is 11.6 Å². The van der Waals surface area contributed by atoms with Crippen molar-refractivity contribution >= 4 is 28.7 Å². The largest absolute Gasteiger partial charge is 0.493 e. The van der Waals surface area contributed by atoms with Gasteiger partial charge in [-0.05, 0) is 49.2 Å². The molecule has 0 spiro atoms. The number of carbonyl (C=O) groups is 1. The molecule has 1 aliphatic heterocycles. The van der Waals surface area contributed by atoms with Crippen LogP contribution in [0.3, 0.4) is 0 Å². The average molecular weight is 348 g/mol. The van der Waals surface area contributed by atoms with Gasteiger partial charge >= 0.3 is 0 Å². The number of pyridine rings is 1. The lowest BCUT2D eigenvalue weighted by Gasteiger charge is -2.06. The van der Waals surface area contributed by atoms with Crippen LogP contribution in [0.5, 0.6) is 5.75 Å². The van der Waals surface area contributed by atoms with Crippen molar-refractivity contribution in [2.24, 2.45) is 0 Å². The third-order valence-corrected chi connectivity index (χ3v) is 4.33. The molecular formula is C20H20N4O2. The summed E-state index contributed by atoms with van der Waals surface area (Å²) >= 11 is 0. The van der Waals surface area contributed by atoms with Crippen LogP contribution in [0, 0.1) is 0 Å². The molecule has 0 bridgehead atoms. The van der Waals surface area contributed by atoms with Crippen LogP contribution in [-0.2, 0) is 11.2 Å². The summed E-state index contributed by atoms with van der Waals surface area (Å²) in [6.07, 6.45) is 7.66. The Morgan fingerprint density at radius 1 is 1.31 bits per heavy atom. The van der Waals surface area contributed by atoms with E-state index < -0.39 is 0 Å². The zero-order valence-electron chi connectivity index (χ0n) is 14.8. The second-order valence-electron chi connectivity index (χ2n) is 6.61. The highest BCUT2D eigenvalue weighted by Gasteiger charge is 2.11. The Balaban J connectivity index is 1.47. The SMILES string of the molecule is CC(C)n1ncc2cc(NC(=O)/C=C/c3ccc4c(c3)CCO4)cnc21. The predicted molar refractivity (Wildman–Crippen MR) is 101 cm³/mol. The second kappa shape index (κ2) is 6.63. The zero-order valence-corrected chi connectivity index (χ0v) is 14.8. The van der Waals surface area contributed by atoms with Gasteiger partial charge in [0.2, 0.25) is 5.91 Å². The molecule has 0 atom stereocenters. The molecule has 3 aromatic rings. The number of nitrogens with zero attached hydrogens (tertiary/aromatic N) is 3. The lowest BCUT2D eigenvalue weighted by molar-refractivity contribution is -0.111. The van der Waals surface area contributed by atoms with Crippen molar-refractivity contribution in [3.8, 4) is 5.75 Å². The highest BCUT2D eigenvalue weighted by atomic mass is 16.5. The molecule has 3 heterocycles. The number of fused-ring (bicyclic) bond motifs is 2. The standard InChI is InChI=1S/C20H20N4O2/c1-13(2)24-20-16(11-22-24)10-17(12-21-20)23-19(25)6-4-14-3-5-18-15(9-14)7-8-26-18/h3-6,9-13H,7-8H2,1-2H3,(H,23,25)/b6-4+. The Bertz CT molecular complexity index is 1000. The fraction of sp³-hybridized carbons (Fsp3) is 0.250. The Morgan fingerprint density at radius 2 is 2.19 bits per heavy atom. The summed E-state index contributed by atoms with van der Waals surface area (Å²) in [6.45, 7) is 4.84. The molecule has 0 aliphatic carbocycles. The summed E-state index contributed by atoms with van der Waals surface area (Å²) in [5.41, 5.74) is 3.63. The fourth-order valence-corrected chi connectivity index (χ4v) is 3.05.